The molecule has 0 rings (SSSR count). The highest BCUT2D eigenvalue weighted by molar-refractivity contribution is 5.95. The second-order valence-corrected chi connectivity index (χ2v) is 2.09. The molecule has 2 heteroatoms. The van der Waals surface area contributed by atoms with E-state index in [0.29, 0.717) is 0 Å². The van der Waals surface area contributed by atoms with E-state index < -0.39 is 11.4 Å². The van der Waals surface area contributed by atoms with Gasteiger partial charge in [0.2, 0.25) is 0 Å². The minimum atomic E-state index is -1.31. The molecule has 0 aliphatic carbocycles. The van der Waals surface area contributed by atoms with Crippen molar-refractivity contribution in [3.63, 3.8) is 0 Å². The van der Waals surface area contributed by atoms with Crippen molar-refractivity contribution in [1.29, 1.82) is 0 Å². The summed E-state index contributed by atoms with van der Waals surface area (Å²) in [6, 6.07) is 0. The van der Waals surface area contributed by atoms with Gasteiger partial charge in [0.15, 0.2) is 5.78 Å². The van der Waals surface area contributed by atoms with Gasteiger partial charge in [-0.15, -0.1) is 0 Å². The van der Waals surface area contributed by atoms with Gasteiger partial charge in [-0.3, -0.25) is 4.79 Å². The Morgan fingerprint density at radius 3 is 2.12 bits per heavy atom. The maximum Gasteiger partial charge on any atom is 0.186 e. The largest absolute Gasteiger partial charge is 0.382 e. The van der Waals surface area contributed by atoms with Crippen LogP contribution in [0.15, 0.2) is 6.08 Å². The second kappa shape index (κ2) is 2.09. The first-order valence-electron chi connectivity index (χ1n) is 2.30. The van der Waals surface area contributed by atoms with E-state index in [1.165, 1.54) is 13.8 Å². The van der Waals surface area contributed by atoms with E-state index in [1.807, 2.05) is 0 Å². The molecule has 0 heterocycles. The molecule has 0 atom stereocenters. The van der Waals surface area contributed by atoms with Crippen molar-refractivity contribution >= 4 is 5.78 Å². The van der Waals surface area contributed by atoms with Crippen molar-refractivity contribution in [3.05, 3.63) is 12.7 Å². The van der Waals surface area contributed by atoms with E-state index in [4.69, 9.17) is 11.7 Å². The smallest absolute Gasteiger partial charge is 0.186 e. The van der Waals surface area contributed by atoms with Gasteiger partial charge in [0.05, 0.1) is 0 Å². The summed E-state index contributed by atoms with van der Waals surface area (Å²) in [6.07, 6.45) is 0.861. The van der Waals surface area contributed by atoms with Crippen LogP contribution in [0.1, 0.15) is 13.8 Å². The van der Waals surface area contributed by atoms with E-state index in [9.17, 15) is 4.79 Å². The van der Waals surface area contributed by atoms with Crippen molar-refractivity contribution in [2.45, 2.75) is 19.4 Å². The average Bonchev–Trinajstić information content (AvgIpc) is 1.62. The first-order chi connectivity index (χ1) is 3.48. The molecule has 0 unspecified atom stereocenters. The van der Waals surface area contributed by atoms with Gasteiger partial charge in [-0.2, -0.15) is 0 Å². The molecule has 0 amide bonds. The van der Waals surface area contributed by atoms with Crippen molar-refractivity contribution in [1.82, 2.24) is 0 Å². The zero-order chi connectivity index (χ0) is 6.78. The lowest BCUT2D eigenvalue weighted by Gasteiger charge is -2.10. The van der Waals surface area contributed by atoms with Gasteiger partial charge in [0.1, 0.15) is 5.60 Å². The summed E-state index contributed by atoms with van der Waals surface area (Å²) >= 11 is 0. The maximum absolute atomic E-state index is 10.4. The quantitative estimate of drug-likeness (QED) is 0.523. The third-order valence-electron chi connectivity index (χ3n) is 0.754. The van der Waals surface area contributed by atoms with E-state index in [0.717, 1.165) is 6.08 Å². The number of hydrogen-bond donors (Lipinski definition) is 1. The Labute approximate surface area is 48.8 Å². The number of rotatable bonds is 2. The average molecular weight is 113 g/mol. The van der Waals surface area contributed by atoms with Gasteiger partial charge in [0.25, 0.3) is 0 Å². The van der Waals surface area contributed by atoms with Gasteiger partial charge in [-0.1, -0.05) is 6.58 Å². The van der Waals surface area contributed by atoms with Crippen molar-refractivity contribution in [2.75, 3.05) is 0 Å². The zero-order valence-corrected chi connectivity index (χ0v) is 5.01. The Balaban J connectivity index is 4.02. The molecule has 0 aromatic heterocycles. The summed E-state index contributed by atoms with van der Waals surface area (Å²) in [6.45, 7) is 7.60. The predicted molar refractivity (Wildman–Crippen MR) is 30.2 cm³/mol. The van der Waals surface area contributed by atoms with Crippen LogP contribution in [0, 0.1) is 6.58 Å². The Morgan fingerprint density at radius 1 is 1.75 bits per heavy atom. The highest BCUT2D eigenvalue weighted by Gasteiger charge is 2.19. The van der Waals surface area contributed by atoms with Crippen LogP contribution in [-0.4, -0.2) is 16.5 Å². The Bertz CT molecular complexity index is 108. The first kappa shape index (κ1) is 7.37. The lowest BCUT2D eigenvalue weighted by Crippen LogP contribution is -2.28. The molecule has 2 nitrogen and oxygen atoms in total. The lowest BCUT2D eigenvalue weighted by atomic mass is 10.1. The molecule has 0 saturated carbocycles. The molecule has 0 saturated heterocycles. The van der Waals surface area contributed by atoms with Crippen LogP contribution in [0.2, 0.25) is 0 Å². The topological polar surface area (TPSA) is 37.3 Å². The SMILES string of the molecule is [CH]=CC(=O)C(C)(C)O. The van der Waals surface area contributed by atoms with Crippen LogP contribution in [0.4, 0.5) is 0 Å². The Hall–Kier alpha value is -0.630. The number of carbonyl (C=O) groups excluding carboxylic acids is 1. The molecule has 1 radical (unpaired) electrons. The highest BCUT2D eigenvalue weighted by atomic mass is 16.3. The summed E-state index contributed by atoms with van der Waals surface area (Å²) < 4.78 is 0. The van der Waals surface area contributed by atoms with Gasteiger partial charge in [0, 0.05) is 0 Å². The molecule has 0 aromatic carbocycles. The van der Waals surface area contributed by atoms with Crippen molar-refractivity contribution in [2.24, 2.45) is 0 Å². The first-order valence-corrected chi connectivity index (χ1v) is 2.30. The van der Waals surface area contributed by atoms with E-state index in [-0.39, 0.29) is 0 Å². The molecule has 0 bridgehead atoms. The molecule has 0 spiro atoms. The van der Waals surface area contributed by atoms with Crippen LogP contribution in [-0.2, 0) is 4.79 Å². The van der Waals surface area contributed by atoms with Gasteiger partial charge in [-0.05, 0) is 19.9 Å². The molecule has 0 aliphatic heterocycles. The molecule has 0 fully saturated rings. The van der Waals surface area contributed by atoms with Crippen molar-refractivity contribution in [3.8, 4) is 0 Å². The molecule has 8 heavy (non-hydrogen) atoms. The standard InChI is InChI=1S/C6H9O2/c1-4-5(7)6(2,3)8/h1,4,8H,2-3H3. The summed E-state index contributed by atoms with van der Waals surface area (Å²) in [5.41, 5.74) is -1.31. The van der Waals surface area contributed by atoms with E-state index in [1.54, 1.807) is 0 Å². The molecular formula is C6H9O2. The highest BCUT2D eigenvalue weighted by Crippen LogP contribution is 2.01. The number of carbonyl (C=O) groups is 1. The van der Waals surface area contributed by atoms with E-state index in [2.05, 4.69) is 0 Å². The summed E-state index contributed by atoms with van der Waals surface area (Å²) in [5.74, 6) is -0.461. The Kier molecular flexibility index (Phi) is 1.93. The van der Waals surface area contributed by atoms with Crippen LogP contribution in [0.25, 0.3) is 0 Å². The monoisotopic (exact) mass is 113 g/mol. The fourth-order valence-electron chi connectivity index (χ4n) is 0.204. The number of hydrogen-bond acceptors (Lipinski definition) is 2. The van der Waals surface area contributed by atoms with Crippen LogP contribution in [0.5, 0.6) is 0 Å². The molecular weight excluding hydrogens is 104 g/mol. The summed E-state index contributed by atoms with van der Waals surface area (Å²) in [4.78, 5) is 10.4. The number of ketones is 1. The Morgan fingerprint density at radius 2 is 2.12 bits per heavy atom. The fraction of sp³-hybridized carbons (Fsp3) is 0.500. The van der Waals surface area contributed by atoms with Crippen LogP contribution in [0.3, 0.4) is 0 Å². The molecule has 1 N–H and O–H groups in total. The van der Waals surface area contributed by atoms with Gasteiger partial charge in [-0.25, -0.2) is 0 Å². The maximum atomic E-state index is 10.4. The third kappa shape index (κ3) is 1.89. The van der Waals surface area contributed by atoms with Crippen LogP contribution >= 0.6 is 0 Å². The molecule has 0 aliphatic rings. The van der Waals surface area contributed by atoms with Crippen molar-refractivity contribution < 1.29 is 9.90 Å². The normalized spacial score (nSPS) is 10.9. The number of aliphatic hydroxyl groups is 1. The molecule has 0 aromatic rings. The van der Waals surface area contributed by atoms with Gasteiger partial charge >= 0.3 is 0 Å². The minimum Gasteiger partial charge on any atom is -0.382 e. The fourth-order valence-corrected chi connectivity index (χ4v) is 0.204. The predicted octanol–water partition coefficient (Wildman–Crippen LogP) is 0.316. The summed E-state index contributed by atoms with van der Waals surface area (Å²) in [5, 5.41) is 8.83. The molecule has 45 valence electrons. The van der Waals surface area contributed by atoms with Gasteiger partial charge < -0.3 is 5.11 Å². The summed E-state index contributed by atoms with van der Waals surface area (Å²) in [7, 11) is 0. The zero-order valence-electron chi connectivity index (χ0n) is 5.01. The third-order valence-corrected chi connectivity index (χ3v) is 0.754. The minimum absolute atomic E-state index is 0.461. The second-order valence-electron chi connectivity index (χ2n) is 2.09. The van der Waals surface area contributed by atoms with Crippen LogP contribution < -0.4 is 0 Å². The lowest BCUT2D eigenvalue weighted by molar-refractivity contribution is -0.128. The van der Waals surface area contributed by atoms with E-state index >= 15 is 0 Å².